The van der Waals surface area contributed by atoms with Gasteiger partial charge in [0.2, 0.25) is 0 Å². The van der Waals surface area contributed by atoms with Crippen molar-refractivity contribution >= 4 is 46.2 Å². The van der Waals surface area contributed by atoms with Crippen molar-refractivity contribution in [3.05, 3.63) is 82.4 Å². The number of imidazole rings is 1. The Morgan fingerprint density at radius 2 is 1.94 bits per heavy atom. The first-order valence-corrected chi connectivity index (χ1v) is 10.5. The lowest BCUT2D eigenvalue weighted by atomic mass is 10.1. The van der Waals surface area contributed by atoms with Crippen LogP contribution in [-0.4, -0.2) is 26.1 Å². The number of aromatic nitrogens is 2. The van der Waals surface area contributed by atoms with Crippen LogP contribution < -0.4 is 5.32 Å². The predicted molar refractivity (Wildman–Crippen MR) is 121 cm³/mol. The van der Waals surface area contributed by atoms with Crippen LogP contribution in [0, 0.1) is 0 Å². The monoisotopic (exact) mass is 486 g/mol. The van der Waals surface area contributed by atoms with Gasteiger partial charge in [0.15, 0.2) is 5.11 Å². The van der Waals surface area contributed by atoms with Crippen LogP contribution in [0.15, 0.2) is 61.2 Å². The highest BCUT2D eigenvalue weighted by atomic mass is 35.5. The van der Waals surface area contributed by atoms with Gasteiger partial charge in [-0.05, 0) is 48.5 Å². The van der Waals surface area contributed by atoms with Crippen LogP contribution >= 0.6 is 35.4 Å². The molecule has 31 heavy (non-hydrogen) atoms. The van der Waals surface area contributed by atoms with Crippen molar-refractivity contribution in [2.45, 2.75) is 25.7 Å². The number of anilines is 1. The minimum atomic E-state index is -4.54. The van der Waals surface area contributed by atoms with Crippen molar-refractivity contribution in [3.63, 3.8) is 0 Å². The van der Waals surface area contributed by atoms with Gasteiger partial charge < -0.3 is 14.8 Å². The van der Waals surface area contributed by atoms with Gasteiger partial charge in [-0.15, -0.1) is 0 Å². The van der Waals surface area contributed by atoms with Gasteiger partial charge in [-0.2, -0.15) is 13.2 Å². The molecule has 4 nitrogen and oxygen atoms in total. The standard InChI is InChI=1S/C21H19Cl2F3N4S/c22-16-6-7-17(21(24,25)26)19(12-16)28-20(31)30(10-3-9-29-11-8-27-14-29)13-15-4-1-2-5-18(15)23/h1-2,4-8,11-12,14H,3,9-10,13H2,(H,28,31). The van der Waals surface area contributed by atoms with E-state index in [9.17, 15) is 13.2 Å². The first kappa shape index (κ1) is 23.4. The summed E-state index contributed by atoms with van der Waals surface area (Å²) in [6.07, 6.45) is 1.39. The van der Waals surface area contributed by atoms with Gasteiger partial charge >= 0.3 is 6.18 Å². The van der Waals surface area contributed by atoms with Gasteiger partial charge in [0.1, 0.15) is 0 Å². The average molecular weight is 487 g/mol. The Morgan fingerprint density at radius 3 is 2.61 bits per heavy atom. The molecule has 3 aromatic rings. The quantitative estimate of drug-likeness (QED) is 0.386. The topological polar surface area (TPSA) is 33.1 Å². The van der Waals surface area contributed by atoms with Crippen LogP contribution in [0.4, 0.5) is 18.9 Å². The van der Waals surface area contributed by atoms with Crippen LogP contribution in [0.5, 0.6) is 0 Å². The smallest absolute Gasteiger partial charge is 0.345 e. The van der Waals surface area contributed by atoms with Gasteiger partial charge in [0.25, 0.3) is 0 Å². The molecule has 0 aliphatic heterocycles. The first-order chi connectivity index (χ1) is 14.7. The molecule has 3 rings (SSSR count). The van der Waals surface area contributed by atoms with E-state index in [1.807, 2.05) is 29.0 Å². The number of nitrogens with zero attached hydrogens (tertiary/aromatic N) is 3. The van der Waals surface area contributed by atoms with Crippen molar-refractivity contribution in [2.75, 3.05) is 11.9 Å². The summed E-state index contributed by atoms with van der Waals surface area (Å²) in [7, 11) is 0. The average Bonchev–Trinajstić information content (AvgIpc) is 3.21. The number of alkyl halides is 3. The van der Waals surface area contributed by atoms with Gasteiger partial charge in [0, 0.05) is 42.1 Å². The molecule has 0 unspecified atom stereocenters. The second-order valence-corrected chi connectivity index (χ2v) is 8.02. The molecule has 0 aliphatic rings. The molecule has 1 N–H and O–H groups in total. The molecular formula is C21H19Cl2F3N4S. The Bertz CT molecular complexity index is 1030. The summed E-state index contributed by atoms with van der Waals surface area (Å²) in [4.78, 5) is 5.79. The number of benzene rings is 2. The largest absolute Gasteiger partial charge is 0.418 e. The summed E-state index contributed by atoms with van der Waals surface area (Å²) < 4.78 is 42.2. The highest BCUT2D eigenvalue weighted by Gasteiger charge is 2.34. The number of thiocarbonyl (C=S) groups is 1. The summed E-state index contributed by atoms with van der Waals surface area (Å²) in [5.41, 5.74) is -0.211. The summed E-state index contributed by atoms with van der Waals surface area (Å²) in [6.45, 7) is 1.53. The lowest BCUT2D eigenvalue weighted by molar-refractivity contribution is -0.136. The molecule has 0 bridgehead atoms. The summed E-state index contributed by atoms with van der Waals surface area (Å²) in [5.74, 6) is 0. The number of halogens is 5. The number of aryl methyl sites for hydroxylation is 1. The van der Waals surface area contributed by atoms with Gasteiger partial charge in [-0.25, -0.2) is 4.98 Å². The van der Waals surface area contributed by atoms with Gasteiger partial charge in [-0.3, -0.25) is 0 Å². The van der Waals surface area contributed by atoms with Crippen LogP contribution in [0.3, 0.4) is 0 Å². The fourth-order valence-corrected chi connectivity index (χ4v) is 3.64. The molecule has 0 saturated heterocycles. The van der Waals surface area contributed by atoms with E-state index in [0.29, 0.717) is 31.1 Å². The van der Waals surface area contributed by atoms with Gasteiger partial charge in [-0.1, -0.05) is 41.4 Å². The summed E-state index contributed by atoms with van der Waals surface area (Å²) >= 11 is 17.7. The zero-order valence-corrected chi connectivity index (χ0v) is 18.6. The molecular weight excluding hydrogens is 468 g/mol. The zero-order valence-electron chi connectivity index (χ0n) is 16.2. The molecule has 1 aromatic heterocycles. The molecule has 10 heteroatoms. The third kappa shape index (κ3) is 6.59. The third-order valence-electron chi connectivity index (χ3n) is 4.54. The highest BCUT2D eigenvalue weighted by molar-refractivity contribution is 7.80. The molecule has 0 spiro atoms. The fourth-order valence-electron chi connectivity index (χ4n) is 3.01. The molecule has 2 aromatic carbocycles. The van der Waals surface area contributed by atoms with Crippen molar-refractivity contribution < 1.29 is 13.2 Å². The van der Waals surface area contributed by atoms with E-state index in [1.165, 1.54) is 12.1 Å². The molecule has 164 valence electrons. The molecule has 0 radical (unpaired) electrons. The van der Waals surface area contributed by atoms with E-state index >= 15 is 0 Å². The van der Waals surface area contributed by atoms with Crippen LogP contribution in [-0.2, 0) is 19.3 Å². The minimum absolute atomic E-state index is 0.151. The molecule has 0 atom stereocenters. The predicted octanol–water partition coefficient (Wildman–Crippen LogP) is 6.50. The minimum Gasteiger partial charge on any atom is -0.345 e. The molecule has 1 heterocycles. The Balaban J connectivity index is 1.80. The normalized spacial score (nSPS) is 11.4. The maximum atomic E-state index is 13.4. The Hall–Kier alpha value is -2.29. The van der Waals surface area contributed by atoms with E-state index in [4.69, 9.17) is 35.4 Å². The lowest BCUT2D eigenvalue weighted by Gasteiger charge is -2.27. The maximum Gasteiger partial charge on any atom is 0.418 e. The van der Waals surface area contributed by atoms with E-state index in [0.717, 1.165) is 11.6 Å². The lowest BCUT2D eigenvalue weighted by Crippen LogP contribution is -2.36. The molecule has 0 fully saturated rings. The molecule has 0 saturated carbocycles. The highest BCUT2D eigenvalue weighted by Crippen LogP contribution is 2.36. The van der Waals surface area contributed by atoms with E-state index < -0.39 is 11.7 Å². The van der Waals surface area contributed by atoms with Crippen LogP contribution in [0.1, 0.15) is 17.5 Å². The number of rotatable bonds is 7. The molecule has 0 amide bonds. The zero-order chi connectivity index (χ0) is 22.4. The third-order valence-corrected chi connectivity index (χ3v) is 5.50. The van der Waals surface area contributed by atoms with Crippen molar-refractivity contribution in [1.29, 1.82) is 0 Å². The second kappa shape index (κ2) is 10.3. The first-order valence-electron chi connectivity index (χ1n) is 9.36. The van der Waals surface area contributed by atoms with Crippen molar-refractivity contribution in [3.8, 4) is 0 Å². The fraction of sp³-hybridized carbons (Fsp3) is 0.238. The Morgan fingerprint density at radius 1 is 1.16 bits per heavy atom. The number of nitrogens with one attached hydrogen (secondary N) is 1. The van der Waals surface area contributed by atoms with Crippen molar-refractivity contribution in [2.24, 2.45) is 0 Å². The molecule has 0 aliphatic carbocycles. The van der Waals surface area contributed by atoms with Gasteiger partial charge in [0.05, 0.1) is 17.6 Å². The second-order valence-electron chi connectivity index (χ2n) is 6.78. The summed E-state index contributed by atoms with van der Waals surface area (Å²) in [6, 6.07) is 10.6. The van der Waals surface area contributed by atoms with E-state index in [1.54, 1.807) is 23.5 Å². The Labute approximate surface area is 193 Å². The van der Waals surface area contributed by atoms with E-state index in [-0.39, 0.29) is 15.8 Å². The number of hydrogen-bond donors (Lipinski definition) is 1. The van der Waals surface area contributed by atoms with Crippen LogP contribution in [0.2, 0.25) is 10.0 Å². The maximum absolute atomic E-state index is 13.4. The van der Waals surface area contributed by atoms with Crippen molar-refractivity contribution in [1.82, 2.24) is 14.5 Å². The van der Waals surface area contributed by atoms with E-state index in [2.05, 4.69) is 10.3 Å². The SMILES string of the molecule is FC(F)(F)c1ccc(Cl)cc1NC(=S)N(CCCn1ccnc1)Cc1ccccc1Cl. The number of hydrogen-bond acceptors (Lipinski definition) is 2. The summed E-state index contributed by atoms with van der Waals surface area (Å²) in [5, 5.41) is 3.62. The van der Waals surface area contributed by atoms with Crippen LogP contribution in [0.25, 0.3) is 0 Å². The Kier molecular flexibility index (Phi) is 7.80.